The minimum atomic E-state index is -0.339. The van der Waals surface area contributed by atoms with E-state index in [1.807, 2.05) is 12.1 Å². The first kappa shape index (κ1) is 23.3. The summed E-state index contributed by atoms with van der Waals surface area (Å²) in [5, 5.41) is 10.6. The largest absolute Gasteiger partial charge is 0.494 e. The SMILES string of the molecule is [C-]#[N+]c1ccc(OCCCN2CCC(C(C#N)(c3ccccc3)C3CCCCC3)CC2)cc1. The van der Waals surface area contributed by atoms with Crippen LogP contribution in [0.25, 0.3) is 4.85 Å². The van der Waals surface area contributed by atoms with E-state index in [1.165, 1.54) is 37.7 Å². The number of benzene rings is 2. The Balaban J connectivity index is 1.32. The molecule has 2 aromatic rings. The molecule has 4 nitrogen and oxygen atoms in total. The average molecular weight is 442 g/mol. The number of nitriles is 1. The van der Waals surface area contributed by atoms with Gasteiger partial charge in [0.2, 0.25) is 0 Å². The highest BCUT2D eigenvalue weighted by molar-refractivity contribution is 5.47. The summed E-state index contributed by atoms with van der Waals surface area (Å²) < 4.78 is 5.85. The molecule has 2 aromatic carbocycles. The van der Waals surface area contributed by atoms with E-state index < -0.39 is 0 Å². The van der Waals surface area contributed by atoms with E-state index >= 15 is 0 Å². The molecule has 1 atom stereocenters. The second-order valence-corrected chi connectivity index (χ2v) is 9.61. The van der Waals surface area contributed by atoms with Gasteiger partial charge in [0.15, 0.2) is 5.69 Å². The Morgan fingerprint density at radius 3 is 2.24 bits per heavy atom. The van der Waals surface area contributed by atoms with Crippen LogP contribution >= 0.6 is 0 Å². The van der Waals surface area contributed by atoms with Crippen LogP contribution in [0.3, 0.4) is 0 Å². The molecule has 0 aromatic heterocycles. The highest BCUT2D eigenvalue weighted by Gasteiger charge is 2.48. The van der Waals surface area contributed by atoms with Crippen molar-refractivity contribution in [2.24, 2.45) is 11.8 Å². The number of rotatable bonds is 8. The van der Waals surface area contributed by atoms with Gasteiger partial charge in [-0.3, -0.25) is 0 Å². The molecule has 0 radical (unpaired) electrons. The fourth-order valence-electron chi connectivity index (χ4n) is 6.03. The topological polar surface area (TPSA) is 40.6 Å². The van der Waals surface area contributed by atoms with Gasteiger partial charge in [-0.15, -0.1) is 0 Å². The highest BCUT2D eigenvalue weighted by atomic mass is 16.5. The summed E-state index contributed by atoms with van der Waals surface area (Å²) in [6.45, 7) is 10.9. The third kappa shape index (κ3) is 5.40. The monoisotopic (exact) mass is 441 g/mol. The molecular formula is C29H35N3O. The van der Waals surface area contributed by atoms with Crippen molar-refractivity contribution in [2.75, 3.05) is 26.2 Å². The standard InChI is InChI=1S/C29H35N3O/c1-31-27-13-15-28(16-14-27)33-22-8-19-32-20-17-26(18-21-32)29(23-30,24-9-4-2-5-10-24)25-11-6-3-7-12-25/h2,4-5,9-10,13-16,25-26H,3,6-8,11-12,17-22H2. The van der Waals surface area contributed by atoms with Crippen LogP contribution in [0.15, 0.2) is 54.6 Å². The molecule has 2 aliphatic rings. The molecule has 0 amide bonds. The van der Waals surface area contributed by atoms with Crippen molar-refractivity contribution in [3.05, 3.63) is 71.6 Å². The first-order valence-electron chi connectivity index (χ1n) is 12.6. The molecule has 4 heteroatoms. The van der Waals surface area contributed by atoms with Crippen molar-refractivity contribution in [3.8, 4) is 11.8 Å². The maximum Gasteiger partial charge on any atom is 0.187 e. The summed E-state index contributed by atoms with van der Waals surface area (Å²) in [6.07, 6.45) is 9.40. The van der Waals surface area contributed by atoms with Crippen LogP contribution in [0, 0.1) is 29.7 Å². The minimum absolute atomic E-state index is 0.339. The van der Waals surface area contributed by atoms with E-state index in [-0.39, 0.29) is 5.41 Å². The predicted molar refractivity (Wildman–Crippen MR) is 132 cm³/mol. The number of hydrogen-bond donors (Lipinski definition) is 0. The summed E-state index contributed by atoms with van der Waals surface area (Å²) >= 11 is 0. The van der Waals surface area contributed by atoms with Crippen LogP contribution in [0.1, 0.15) is 56.9 Å². The van der Waals surface area contributed by atoms with Gasteiger partial charge in [0.1, 0.15) is 5.75 Å². The Bertz CT molecular complexity index is 945. The molecule has 4 rings (SSSR count). The Labute approximate surface area is 199 Å². The Morgan fingerprint density at radius 1 is 0.939 bits per heavy atom. The summed E-state index contributed by atoms with van der Waals surface area (Å²) in [6, 6.07) is 20.9. The smallest absolute Gasteiger partial charge is 0.187 e. The van der Waals surface area contributed by atoms with E-state index in [9.17, 15) is 5.26 Å². The van der Waals surface area contributed by atoms with Crippen molar-refractivity contribution in [1.82, 2.24) is 4.90 Å². The number of likely N-dealkylation sites (tertiary alicyclic amines) is 1. The lowest BCUT2D eigenvalue weighted by Crippen LogP contribution is -2.47. The lowest BCUT2D eigenvalue weighted by atomic mass is 9.57. The van der Waals surface area contributed by atoms with E-state index in [2.05, 4.69) is 46.1 Å². The number of ether oxygens (including phenoxy) is 1. The highest BCUT2D eigenvalue weighted by Crippen LogP contribution is 2.49. The number of hydrogen-bond acceptors (Lipinski definition) is 3. The molecule has 33 heavy (non-hydrogen) atoms. The first-order valence-corrected chi connectivity index (χ1v) is 12.6. The molecule has 0 spiro atoms. The van der Waals surface area contributed by atoms with Gasteiger partial charge in [-0.1, -0.05) is 61.7 Å². The Morgan fingerprint density at radius 2 is 1.61 bits per heavy atom. The predicted octanol–water partition coefficient (Wildman–Crippen LogP) is 6.76. The van der Waals surface area contributed by atoms with Gasteiger partial charge < -0.3 is 9.64 Å². The van der Waals surface area contributed by atoms with Crippen molar-refractivity contribution in [1.29, 1.82) is 5.26 Å². The molecule has 0 bridgehead atoms. The second-order valence-electron chi connectivity index (χ2n) is 9.61. The number of nitrogens with zero attached hydrogens (tertiary/aromatic N) is 3. The molecule has 1 aliphatic heterocycles. The van der Waals surface area contributed by atoms with Crippen LogP contribution in [-0.2, 0) is 5.41 Å². The fraction of sp³-hybridized carbons (Fsp3) is 0.517. The molecule has 1 unspecified atom stereocenters. The summed E-state index contributed by atoms with van der Waals surface area (Å²) in [5.41, 5.74) is 1.55. The van der Waals surface area contributed by atoms with E-state index in [4.69, 9.17) is 11.3 Å². The minimum Gasteiger partial charge on any atom is -0.494 e. The van der Waals surface area contributed by atoms with Gasteiger partial charge in [-0.2, -0.15) is 5.26 Å². The quantitative estimate of drug-likeness (QED) is 0.336. The van der Waals surface area contributed by atoms with Gasteiger partial charge in [0, 0.05) is 6.54 Å². The fourth-order valence-corrected chi connectivity index (χ4v) is 6.03. The maximum atomic E-state index is 10.6. The van der Waals surface area contributed by atoms with Gasteiger partial charge in [-0.25, -0.2) is 4.85 Å². The zero-order chi connectivity index (χ0) is 22.9. The second kappa shape index (κ2) is 11.4. The molecule has 2 fully saturated rings. The van der Waals surface area contributed by atoms with Crippen molar-refractivity contribution in [2.45, 2.75) is 56.8 Å². The lowest BCUT2D eigenvalue weighted by Gasteiger charge is -2.46. The zero-order valence-corrected chi connectivity index (χ0v) is 19.6. The molecule has 1 heterocycles. The van der Waals surface area contributed by atoms with Crippen LogP contribution in [0.2, 0.25) is 0 Å². The molecule has 172 valence electrons. The molecule has 1 saturated heterocycles. The molecular weight excluding hydrogens is 406 g/mol. The molecule has 1 aliphatic carbocycles. The Hall–Kier alpha value is -2.82. The van der Waals surface area contributed by atoms with Crippen LogP contribution in [0.4, 0.5) is 5.69 Å². The normalized spacial score (nSPS) is 19.8. The van der Waals surface area contributed by atoms with Crippen LogP contribution in [0.5, 0.6) is 5.75 Å². The Kier molecular flexibility index (Phi) is 8.03. The van der Waals surface area contributed by atoms with Gasteiger partial charge in [-0.05, 0) is 74.7 Å². The first-order chi connectivity index (χ1) is 16.3. The zero-order valence-electron chi connectivity index (χ0n) is 19.6. The van der Waals surface area contributed by atoms with Crippen LogP contribution in [-0.4, -0.2) is 31.1 Å². The van der Waals surface area contributed by atoms with E-state index in [0.29, 0.717) is 24.1 Å². The average Bonchev–Trinajstić information content (AvgIpc) is 2.90. The summed E-state index contributed by atoms with van der Waals surface area (Å²) in [5.74, 6) is 1.74. The van der Waals surface area contributed by atoms with Crippen molar-refractivity contribution < 1.29 is 4.74 Å². The van der Waals surface area contributed by atoms with Crippen molar-refractivity contribution in [3.63, 3.8) is 0 Å². The van der Waals surface area contributed by atoms with Gasteiger partial charge >= 0.3 is 0 Å². The summed E-state index contributed by atoms with van der Waals surface area (Å²) in [7, 11) is 0. The van der Waals surface area contributed by atoms with E-state index in [1.54, 1.807) is 12.1 Å². The van der Waals surface area contributed by atoms with Crippen LogP contribution < -0.4 is 4.74 Å². The van der Waals surface area contributed by atoms with Crippen molar-refractivity contribution >= 4 is 5.69 Å². The molecule has 1 saturated carbocycles. The lowest BCUT2D eigenvalue weighted by molar-refractivity contribution is 0.0993. The summed E-state index contributed by atoms with van der Waals surface area (Å²) in [4.78, 5) is 5.95. The number of piperidine rings is 1. The van der Waals surface area contributed by atoms with Gasteiger partial charge in [0.05, 0.1) is 24.7 Å². The van der Waals surface area contributed by atoms with Gasteiger partial charge in [0.25, 0.3) is 0 Å². The third-order valence-corrected chi connectivity index (χ3v) is 7.77. The maximum absolute atomic E-state index is 10.6. The van der Waals surface area contributed by atoms with E-state index in [0.717, 1.165) is 44.6 Å². The molecule has 0 N–H and O–H groups in total. The third-order valence-electron chi connectivity index (χ3n) is 7.77.